The molecule has 4 aromatic carbocycles. The Morgan fingerprint density at radius 1 is 0.974 bits per heavy atom. The average molecular weight is 588 g/mol. The van der Waals surface area contributed by atoms with Gasteiger partial charge in [-0.05, 0) is 71.8 Å². The lowest BCUT2D eigenvalue weighted by molar-refractivity contribution is -0.145. The van der Waals surface area contributed by atoms with Gasteiger partial charge in [-0.25, -0.2) is 4.98 Å². The van der Waals surface area contributed by atoms with Crippen LogP contribution in [0.1, 0.15) is 29.0 Å². The number of aromatic nitrogens is 1. The molecule has 0 saturated carbocycles. The summed E-state index contributed by atoms with van der Waals surface area (Å²) in [5.41, 5.74) is 3.46. The maximum atomic E-state index is 7.01. The van der Waals surface area contributed by atoms with E-state index in [9.17, 15) is 0 Å². The lowest BCUT2D eigenvalue weighted by Gasteiger charge is -2.47. The first-order valence-electron chi connectivity index (χ1n) is 12.7. The van der Waals surface area contributed by atoms with Crippen LogP contribution in [0.4, 0.5) is 0 Å². The van der Waals surface area contributed by atoms with Crippen molar-refractivity contribution in [3.05, 3.63) is 117 Å². The Balaban J connectivity index is 1.69. The van der Waals surface area contributed by atoms with Crippen molar-refractivity contribution in [2.75, 3.05) is 27.4 Å². The van der Waals surface area contributed by atoms with E-state index in [1.54, 1.807) is 7.11 Å². The van der Waals surface area contributed by atoms with E-state index in [1.807, 2.05) is 24.3 Å². The van der Waals surface area contributed by atoms with Crippen LogP contribution in [0, 0.1) is 0 Å². The van der Waals surface area contributed by atoms with E-state index in [2.05, 4.69) is 94.6 Å². The number of benzene rings is 4. The van der Waals surface area contributed by atoms with Crippen LogP contribution in [-0.2, 0) is 10.3 Å². The predicted molar refractivity (Wildman–Crippen MR) is 158 cm³/mol. The van der Waals surface area contributed by atoms with Gasteiger partial charge in [0.25, 0.3) is 0 Å². The fourth-order valence-corrected chi connectivity index (χ4v) is 6.29. The van der Waals surface area contributed by atoms with Crippen LogP contribution in [0.3, 0.4) is 0 Å². The van der Waals surface area contributed by atoms with Gasteiger partial charge in [-0.3, -0.25) is 4.90 Å². The topological polar surface area (TPSA) is 34.6 Å². The molecule has 0 spiro atoms. The molecule has 1 saturated heterocycles. The summed E-state index contributed by atoms with van der Waals surface area (Å²) in [5.74, 6) is 0.395. The summed E-state index contributed by atoms with van der Waals surface area (Å²) in [6.07, 6.45) is 0.796. The Morgan fingerprint density at radius 2 is 1.76 bits per heavy atom. The van der Waals surface area contributed by atoms with Gasteiger partial charge in [-0.1, -0.05) is 82.1 Å². The fraction of sp³-hybridized carbons (Fsp3) is 0.219. The molecule has 38 heavy (non-hydrogen) atoms. The highest BCUT2D eigenvalue weighted by Crippen LogP contribution is 2.52. The zero-order chi connectivity index (χ0) is 26.3. The molecule has 1 aromatic heterocycles. The second-order valence-electron chi connectivity index (χ2n) is 9.93. The van der Waals surface area contributed by atoms with E-state index in [4.69, 9.17) is 26.1 Å². The van der Waals surface area contributed by atoms with Crippen LogP contribution >= 0.6 is 27.5 Å². The van der Waals surface area contributed by atoms with E-state index in [-0.39, 0.29) is 5.92 Å². The van der Waals surface area contributed by atoms with Gasteiger partial charge in [0.1, 0.15) is 12.3 Å². The predicted octanol–water partition coefficient (Wildman–Crippen LogP) is 8.15. The lowest BCUT2D eigenvalue weighted by Crippen LogP contribution is -2.47. The third-order valence-electron chi connectivity index (χ3n) is 7.60. The first-order chi connectivity index (χ1) is 18.5. The van der Waals surface area contributed by atoms with Gasteiger partial charge in [0, 0.05) is 32.9 Å². The summed E-state index contributed by atoms with van der Waals surface area (Å²) in [6, 6.07) is 31.5. The van der Waals surface area contributed by atoms with E-state index < -0.39 is 5.60 Å². The molecule has 0 aliphatic carbocycles. The van der Waals surface area contributed by atoms with E-state index in [0.717, 1.165) is 39.5 Å². The molecule has 2 heterocycles. The largest absolute Gasteiger partial charge is 0.481 e. The highest BCUT2D eigenvalue weighted by Gasteiger charge is 2.47. The summed E-state index contributed by atoms with van der Waals surface area (Å²) in [7, 11) is 3.79. The van der Waals surface area contributed by atoms with Gasteiger partial charge < -0.3 is 9.47 Å². The second-order valence-corrected chi connectivity index (χ2v) is 11.3. The van der Waals surface area contributed by atoms with Gasteiger partial charge >= 0.3 is 0 Å². The number of pyridine rings is 1. The molecule has 1 aliphatic rings. The average Bonchev–Trinajstić information content (AvgIpc) is 2.94. The van der Waals surface area contributed by atoms with Crippen LogP contribution in [0.25, 0.3) is 21.7 Å². The smallest absolute Gasteiger partial charge is 0.217 e. The Labute approximate surface area is 236 Å². The van der Waals surface area contributed by atoms with Gasteiger partial charge in [0.05, 0.1) is 12.6 Å². The first-order valence-corrected chi connectivity index (χ1v) is 13.9. The first kappa shape index (κ1) is 25.3. The zero-order valence-corrected chi connectivity index (χ0v) is 23.7. The summed E-state index contributed by atoms with van der Waals surface area (Å²) < 4.78 is 14.0. The third kappa shape index (κ3) is 4.48. The number of nitrogens with zero attached hydrogens (tertiary/aromatic N) is 2. The molecule has 6 rings (SSSR count). The second kappa shape index (κ2) is 10.3. The minimum Gasteiger partial charge on any atom is -0.481 e. The van der Waals surface area contributed by atoms with Gasteiger partial charge in [-0.15, -0.1) is 0 Å². The van der Waals surface area contributed by atoms with Crippen molar-refractivity contribution in [2.24, 2.45) is 0 Å². The molecule has 6 heteroatoms. The van der Waals surface area contributed by atoms with Crippen LogP contribution < -0.4 is 4.74 Å². The molecule has 0 bridgehead atoms. The number of halogens is 2. The number of rotatable bonds is 5. The maximum Gasteiger partial charge on any atom is 0.217 e. The van der Waals surface area contributed by atoms with Crippen molar-refractivity contribution < 1.29 is 9.47 Å². The van der Waals surface area contributed by atoms with Crippen LogP contribution in [0.5, 0.6) is 5.88 Å². The number of hydrogen-bond acceptors (Lipinski definition) is 4. The van der Waals surface area contributed by atoms with Crippen molar-refractivity contribution in [1.82, 2.24) is 9.88 Å². The maximum absolute atomic E-state index is 7.01. The third-order valence-corrected chi connectivity index (χ3v) is 8.34. The Morgan fingerprint density at radius 3 is 2.53 bits per heavy atom. The molecule has 1 aliphatic heterocycles. The Bertz CT molecular complexity index is 1610. The van der Waals surface area contributed by atoms with E-state index in [0.29, 0.717) is 17.6 Å². The Kier molecular flexibility index (Phi) is 6.87. The summed E-state index contributed by atoms with van der Waals surface area (Å²) in [4.78, 5) is 7.18. The number of fused-ring (bicyclic) bond motifs is 2. The summed E-state index contributed by atoms with van der Waals surface area (Å²) >= 11 is 10.0. The minimum atomic E-state index is -0.671. The van der Waals surface area contributed by atoms with Crippen molar-refractivity contribution >= 4 is 49.2 Å². The quantitative estimate of drug-likeness (QED) is 0.208. The molecule has 4 nitrogen and oxygen atoms in total. The zero-order valence-electron chi connectivity index (χ0n) is 21.3. The Hall–Kier alpha value is -2.96. The number of methoxy groups -OCH3 is 1. The highest BCUT2D eigenvalue weighted by atomic mass is 79.9. The van der Waals surface area contributed by atoms with Crippen LogP contribution in [-0.4, -0.2) is 37.3 Å². The number of ether oxygens (including phenoxy) is 2. The molecule has 0 amide bonds. The highest BCUT2D eigenvalue weighted by molar-refractivity contribution is 9.10. The summed E-state index contributed by atoms with van der Waals surface area (Å²) in [6.45, 7) is 1.41. The molecule has 2 atom stereocenters. The van der Waals surface area contributed by atoms with Crippen molar-refractivity contribution in [1.29, 1.82) is 0 Å². The van der Waals surface area contributed by atoms with E-state index in [1.165, 1.54) is 16.3 Å². The van der Waals surface area contributed by atoms with Crippen molar-refractivity contribution in [3.8, 4) is 5.88 Å². The monoisotopic (exact) mass is 586 g/mol. The minimum absolute atomic E-state index is 0.204. The molecular formula is C32H28BrClN2O2. The molecule has 0 N–H and O–H groups in total. The normalized spacial score (nSPS) is 19.1. The summed E-state index contributed by atoms with van der Waals surface area (Å²) in [5, 5.41) is 4.11. The molecule has 192 valence electrons. The SMILES string of the molecule is COc1nc2ccc(Br)cc2cc1C(c1ccc(Cl)cc1)C1(c2cccc3ccccc23)CCN(C)CO1. The fourth-order valence-electron chi connectivity index (χ4n) is 5.78. The molecule has 0 radical (unpaired) electrons. The van der Waals surface area contributed by atoms with Crippen LogP contribution in [0.2, 0.25) is 5.02 Å². The molecule has 5 aromatic rings. The molecular weight excluding hydrogens is 560 g/mol. The van der Waals surface area contributed by atoms with Crippen molar-refractivity contribution in [3.63, 3.8) is 0 Å². The van der Waals surface area contributed by atoms with E-state index >= 15 is 0 Å². The van der Waals surface area contributed by atoms with Gasteiger partial charge in [0.2, 0.25) is 5.88 Å². The standard InChI is InChI=1S/C32H28BrClN2O2/c1-36-17-16-32(38-20-36,28-9-5-7-21-6-3-4-8-26(21)28)30(22-10-13-25(34)14-11-22)27-19-23-18-24(33)12-15-29(23)35-31(27)37-2/h3-15,18-19,30H,16-17,20H2,1-2H3. The van der Waals surface area contributed by atoms with Crippen LogP contribution in [0.15, 0.2) is 95.5 Å². The van der Waals surface area contributed by atoms with Crippen molar-refractivity contribution in [2.45, 2.75) is 17.9 Å². The molecule has 1 fully saturated rings. The van der Waals surface area contributed by atoms with Gasteiger partial charge in [0.15, 0.2) is 0 Å². The molecule has 2 unspecified atom stereocenters. The number of hydrogen-bond donors (Lipinski definition) is 0. The lowest BCUT2D eigenvalue weighted by atomic mass is 9.70. The van der Waals surface area contributed by atoms with Gasteiger partial charge in [-0.2, -0.15) is 0 Å².